The summed E-state index contributed by atoms with van der Waals surface area (Å²) in [6.07, 6.45) is 3.10. The number of rotatable bonds is 4. The number of para-hydroxylation sites is 1. The number of phenols is 1. The molecule has 114 valence electrons. The fourth-order valence-electron chi connectivity index (χ4n) is 2.76. The Morgan fingerprint density at radius 1 is 1.43 bits per heavy atom. The highest BCUT2D eigenvalue weighted by Crippen LogP contribution is 2.32. The highest BCUT2D eigenvalue weighted by molar-refractivity contribution is 5.98. The lowest BCUT2D eigenvalue weighted by molar-refractivity contribution is -0.385. The van der Waals surface area contributed by atoms with Gasteiger partial charge >= 0.3 is 5.69 Å². The third-order valence-corrected chi connectivity index (χ3v) is 3.85. The third-order valence-electron chi connectivity index (χ3n) is 3.85. The number of nitro groups is 1. The number of hydrogen-bond acceptors (Lipinski definition) is 5. The molecule has 0 atom stereocenters. The zero-order chi connectivity index (χ0) is 15.6. The molecule has 0 bridgehead atoms. The number of carbonyl (C=O) groups excluding carboxylic acids is 1. The Morgan fingerprint density at radius 2 is 2.05 bits per heavy atom. The monoisotopic (exact) mass is 294 g/mol. The standard InChI is InChI=1S/C14H18N2O5/c1-15(9-14(19)7-2-3-8-14)13(18)10-5-4-6-11(12(10)17)16(20)21/h4-6,17,19H,2-3,7-9H2,1H3. The summed E-state index contributed by atoms with van der Waals surface area (Å²) in [7, 11) is 1.51. The smallest absolute Gasteiger partial charge is 0.311 e. The number of carbonyl (C=O) groups is 1. The number of aromatic hydroxyl groups is 1. The van der Waals surface area contributed by atoms with Gasteiger partial charge in [0.25, 0.3) is 5.91 Å². The minimum Gasteiger partial charge on any atom is -0.502 e. The zero-order valence-corrected chi connectivity index (χ0v) is 11.8. The molecular formula is C14H18N2O5. The van der Waals surface area contributed by atoms with Crippen LogP contribution in [0.2, 0.25) is 0 Å². The van der Waals surface area contributed by atoms with E-state index in [1.165, 1.54) is 24.1 Å². The van der Waals surface area contributed by atoms with Crippen molar-refractivity contribution >= 4 is 11.6 Å². The van der Waals surface area contributed by atoms with E-state index in [1.54, 1.807) is 0 Å². The van der Waals surface area contributed by atoms with Gasteiger partial charge in [0.05, 0.1) is 16.1 Å². The van der Waals surface area contributed by atoms with Crippen molar-refractivity contribution in [3.63, 3.8) is 0 Å². The molecule has 1 amide bonds. The molecule has 2 N–H and O–H groups in total. The number of nitro benzene ring substituents is 1. The van der Waals surface area contributed by atoms with Crippen molar-refractivity contribution in [1.82, 2.24) is 4.90 Å². The van der Waals surface area contributed by atoms with Crippen LogP contribution in [-0.4, -0.2) is 45.1 Å². The lowest BCUT2D eigenvalue weighted by atomic mass is 10.0. The van der Waals surface area contributed by atoms with E-state index in [2.05, 4.69) is 0 Å². The van der Waals surface area contributed by atoms with Crippen molar-refractivity contribution in [2.45, 2.75) is 31.3 Å². The zero-order valence-electron chi connectivity index (χ0n) is 11.8. The fourth-order valence-corrected chi connectivity index (χ4v) is 2.76. The van der Waals surface area contributed by atoms with Gasteiger partial charge in [0.15, 0.2) is 0 Å². The van der Waals surface area contributed by atoms with Crippen LogP contribution in [0.4, 0.5) is 5.69 Å². The SMILES string of the molecule is CN(CC1(O)CCCC1)C(=O)c1cccc([N+](=O)[O-])c1O. The summed E-state index contributed by atoms with van der Waals surface area (Å²) >= 11 is 0. The predicted molar refractivity (Wildman–Crippen MR) is 75.1 cm³/mol. The van der Waals surface area contributed by atoms with Crippen LogP contribution in [0, 0.1) is 10.1 Å². The molecule has 1 fully saturated rings. The number of hydrogen-bond donors (Lipinski definition) is 2. The minimum atomic E-state index is -0.902. The quantitative estimate of drug-likeness (QED) is 0.649. The molecule has 1 aromatic rings. The number of nitrogens with zero attached hydrogens (tertiary/aromatic N) is 2. The van der Waals surface area contributed by atoms with E-state index in [4.69, 9.17) is 0 Å². The molecule has 0 saturated heterocycles. The summed E-state index contributed by atoms with van der Waals surface area (Å²) in [6.45, 7) is 0.147. The number of phenolic OH excluding ortho intramolecular Hbond substituents is 1. The molecule has 1 aliphatic rings. The van der Waals surface area contributed by atoms with E-state index in [0.717, 1.165) is 18.9 Å². The van der Waals surface area contributed by atoms with Gasteiger partial charge in [0.2, 0.25) is 5.75 Å². The van der Waals surface area contributed by atoms with Crippen LogP contribution in [-0.2, 0) is 0 Å². The molecule has 0 spiro atoms. The average molecular weight is 294 g/mol. The molecule has 0 aliphatic heterocycles. The Balaban J connectivity index is 2.19. The number of amides is 1. The van der Waals surface area contributed by atoms with E-state index < -0.39 is 27.9 Å². The Hall–Kier alpha value is -2.15. The summed E-state index contributed by atoms with van der Waals surface area (Å²) in [5.74, 6) is -1.19. The van der Waals surface area contributed by atoms with Crippen LogP contribution in [0.5, 0.6) is 5.75 Å². The van der Waals surface area contributed by atoms with E-state index in [9.17, 15) is 25.1 Å². The van der Waals surface area contributed by atoms with E-state index in [0.29, 0.717) is 12.8 Å². The lowest BCUT2D eigenvalue weighted by Crippen LogP contribution is -2.42. The molecule has 0 aromatic heterocycles. The van der Waals surface area contributed by atoms with Crippen LogP contribution in [0.15, 0.2) is 18.2 Å². The van der Waals surface area contributed by atoms with Crippen molar-refractivity contribution in [3.05, 3.63) is 33.9 Å². The summed E-state index contributed by atoms with van der Waals surface area (Å²) < 4.78 is 0. The first kappa shape index (κ1) is 15.2. The van der Waals surface area contributed by atoms with Gasteiger partial charge in [-0.25, -0.2) is 0 Å². The second-order valence-corrected chi connectivity index (χ2v) is 5.52. The van der Waals surface area contributed by atoms with Crippen molar-refractivity contribution in [3.8, 4) is 5.75 Å². The summed E-state index contributed by atoms with van der Waals surface area (Å²) in [6, 6.07) is 3.82. The Kier molecular flexibility index (Phi) is 4.13. The minimum absolute atomic E-state index is 0.131. The Morgan fingerprint density at radius 3 is 2.62 bits per heavy atom. The van der Waals surface area contributed by atoms with E-state index >= 15 is 0 Å². The van der Waals surface area contributed by atoms with Crippen molar-refractivity contribution in [1.29, 1.82) is 0 Å². The van der Waals surface area contributed by atoms with Crippen molar-refractivity contribution < 1.29 is 19.9 Å². The molecular weight excluding hydrogens is 276 g/mol. The van der Waals surface area contributed by atoms with Gasteiger partial charge in [-0.3, -0.25) is 14.9 Å². The molecule has 0 heterocycles. The van der Waals surface area contributed by atoms with Gasteiger partial charge in [0.1, 0.15) is 0 Å². The van der Waals surface area contributed by atoms with E-state index in [-0.39, 0.29) is 12.1 Å². The topological polar surface area (TPSA) is 104 Å². The normalized spacial score (nSPS) is 16.7. The summed E-state index contributed by atoms with van der Waals surface area (Å²) in [5, 5.41) is 30.9. The number of likely N-dealkylation sites (N-methyl/N-ethyl adjacent to an activating group) is 1. The Bertz CT molecular complexity index is 566. The molecule has 7 nitrogen and oxygen atoms in total. The highest BCUT2D eigenvalue weighted by atomic mass is 16.6. The van der Waals surface area contributed by atoms with Gasteiger partial charge in [-0.2, -0.15) is 0 Å². The van der Waals surface area contributed by atoms with Gasteiger partial charge in [-0.05, 0) is 18.9 Å². The maximum Gasteiger partial charge on any atom is 0.311 e. The van der Waals surface area contributed by atoms with Crippen LogP contribution in [0.3, 0.4) is 0 Å². The largest absolute Gasteiger partial charge is 0.502 e. The fraction of sp³-hybridized carbons (Fsp3) is 0.500. The van der Waals surface area contributed by atoms with Gasteiger partial charge in [-0.15, -0.1) is 0 Å². The first-order valence-electron chi connectivity index (χ1n) is 6.78. The first-order chi connectivity index (χ1) is 9.84. The van der Waals surface area contributed by atoms with Gasteiger partial charge in [-0.1, -0.05) is 18.9 Å². The first-order valence-corrected chi connectivity index (χ1v) is 6.78. The maximum atomic E-state index is 12.3. The molecule has 1 aliphatic carbocycles. The predicted octanol–water partition coefficient (Wildman–Crippen LogP) is 1.68. The second kappa shape index (κ2) is 5.69. The van der Waals surface area contributed by atoms with Crippen LogP contribution in [0.25, 0.3) is 0 Å². The Labute approximate surface area is 122 Å². The number of aliphatic hydroxyl groups is 1. The number of benzene rings is 1. The molecule has 7 heteroatoms. The summed E-state index contributed by atoms with van der Waals surface area (Å²) in [5.41, 5.74) is -1.54. The average Bonchev–Trinajstić information content (AvgIpc) is 2.84. The van der Waals surface area contributed by atoms with E-state index in [1.807, 2.05) is 0 Å². The molecule has 0 unspecified atom stereocenters. The third kappa shape index (κ3) is 3.13. The lowest BCUT2D eigenvalue weighted by Gasteiger charge is -2.28. The van der Waals surface area contributed by atoms with Crippen molar-refractivity contribution in [2.75, 3.05) is 13.6 Å². The van der Waals surface area contributed by atoms with Crippen LogP contribution < -0.4 is 0 Å². The molecule has 21 heavy (non-hydrogen) atoms. The maximum absolute atomic E-state index is 12.3. The molecule has 0 radical (unpaired) electrons. The van der Waals surface area contributed by atoms with Gasteiger partial charge < -0.3 is 15.1 Å². The van der Waals surface area contributed by atoms with Crippen molar-refractivity contribution in [2.24, 2.45) is 0 Å². The highest BCUT2D eigenvalue weighted by Gasteiger charge is 2.34. The van der Waals surface area contributed by atoms with Crippen LogP contribution >= 0.6 is 0 Å². The van der Waals surface area contributed by atoms with Crippen LogP contribution in [0.1, 0.15) is 36.0 Å². The van der Waals surface area contributed by atoms with Gasteiger partial charge in [0, 0.05) is 19.7 Å². The molecule has 1 saturated carbocycles. The molecule has 2 rings (SSSR count). The summed E-state index contributed by atoms with van der Waals surface area (Å²) in [4.78, 5) is 23.6. The second-order valence-electron chi connectivity index (χ2n) is 5.52. The molecule has 1 aromatic carbocycles.